The third-order valence-electron chi connectivity index (χ3n) is 1.59. The van der Waals surface area contributed by atoms with Crippen molar-refractivity contribution < 1.29 is 10.2 Å². The van der Waals surface area contributed by atoms with Crippen LogP contribution in [0.4, 0.5) is 0 Å². The molecule has 12 heavy (non-hydrogen) atoms. The van der Waals surface area contributed by atoms with E-state index in [9.17, 15) is 5.11 Å². The van der Waals surface area contributed by atoms with Crippen LogP contribution in [0.5, 0.6) is 5.75 Å². The van der Waals surface area contributed by atoms with E-state index < -0.39 is 6.04 Å². The molecule has 0 saturated heterocycles. The van der Waals surface area contributed by atoms with Gasteiger partial charge in [-0.2, -0.15) is 0 Å². The van der Waals surface area contributed by atoms with Gasteiger partial charge in [0, 0.05) is 9.13 Å². The van der Waals surface area contributed by atoms with E-state index in [0.29, 0.717) is 5.56 Å². The molecule has 0 bridgehead atoms. The van der Waals surface area contributed by atoms with Crippen molar-refractivity contribution in [2.45, 2.75) is 6.04 Å². The lowest BCUT2D eigenvalue weighted by atomic mass is 10.1. The van der Waals surface area contributed by atoms with Gasteiger partial charge < -0.3 is 15.9 Å². The van der Waals surface area contributed by atoms with Gasteiger partial charge in [-0.3, -0.25) is 0 Å². The summed E-state index contributed by atoms with van der Waals surface area (Å²) in [5.74, 6) is 0.136. The van der Waals surface area contributed by atoms with Gasteiger partial charge >= 0.3 is 0 Å². The van der Waals surface area contributed by atoms with E-state index in [-0.39, 0.29) is 12.4 Å². The van der Waals surface area contributed by atoms with Gasteiger partial charge in [0.15, 0.2) is 0 Å². The number of aliphatic hydroxyl groups excluding tert-OH is 1. The number of aromatic hydroxyl groups is 1. The molecule has 0 fully saturated rings. The van der Waals surface area contributed by atoms with E-state index in [1.54, 1.807) is 18.2 Å². The zero-order valence-electron chi connectivity index (χ0n) is 6.37. The molecule has 1 aromatic carbocycles. The third-order valence-corrected chi connectivity index (χ3v) is 2.26. The summed E-state index contributed by atoms with van der Waals surface area (Å²) in [5, 5.41) is 18.1. The van der Waals surface area contributed by atoms with Crippen molar-refractivity contribution >= 4 is 22.6 Å². The Kier molecular flexibility index (Phi) is 3.30. The van der Waals surface area contributed by atoms with E-state index in [0.717, 1.165) is 3.57 Å². The number of hydrogen-bond acceptors (Lipinski definition) is 3. The van der Waals surface area contributed by atoms with Gasteiger partial charge in [-0.1, -0.05) is 0 Å². The van der Waals surface area contributed by atoms with Crippen LogP contribution in [-0.2, 0) is 0 Å². The Morgan fingerprint density at radius 1 is 1.50 bits per heavy atom. The van der Waals surface area contributed by atoms with Gasteiger partial charge in [-0.15, -0.1) is 0 Å². The van der Waals surface area contributed by atoms with Crippen LogP contribution in [0.15, 0.2) is 18.2 Å². The fraction of sp³-hybridized carbons (Fsp3) is 0.250. The molecule has 0 unspecified atom stereocenters. The largest absolute Gasteiger partial charge is 0.508 e. The molecule has 0 amide bonds. The maximum Gasteiger partial charge on any atom is 0.120 e. The van der Waals surface area contributed by atoms with Crippen LogP contribution < -0.4 is 5.73 Å². The summed E-state index contributed by atoms with van der Waals surface area (Å²) in [6.07, 6.45) is 0. The number of hydrogen-bond donors (Lipinski definition) is 3. The number of aliphatic hydroxyl groups is 1. The van der Waals surface area contributed by atoms with Crippen molar-refractivity contribution in [1.82, 2.24) is 0 Å². The smallest absolute Gasteiger partial charge is 0.120 e. The molecular formula is C8H10INO2. The molecule has 3 nitrogen and oxygen atoms in total. The van der Waals surface area contributed by atoms with Gasteiger partial charge in [0.1, 0.15) is 5.75 Å². The first-order valence-corrected chi connectivity index (χ1v) is 4.58. The average Bonchev–Trinajstić information content (AvgIpc) is 2.08. The Balaban J connectivity index is 3.04. The van der Waals surface area contributed by atoms with Crippen LogP contribution >= 0.6 is 22.6 Å². The molecule has 4 heteroatoms. The SMILES string of the molecule is N[C@@H](CO)c1cc(I)ccc1O. The molecule has 0 spiro atoms. The Morgan fingerprint density at radius 2 is 2.17 bits per heavy atom. The highest BCUT2D eigenvalue weighted by molar-refractivity contribution is 14.1. The molecule has 0 heterocycles. The lowest BCUT2D eigenvalue weighted by Crippen LogP contribution is -2.14. The van der Waals surface area contributed by atoms with Crippen LogP contribution in [-0.4, -0.2) is 16.8 Å². The number of benzene rings is 1. The second-order valence-electron chi connectivity index (χ2n) is 2.49. The molecular weight excluding hydrogens is 269 g/mol. The van der Waals surface area contributed by atoms with E-state index in [4.69, 9.17) is 10.8 Å². The van der Waals surface area contributed by atoms with Crippen molar-refractivity contribution in [2.75, 3.05) is 6.61 Å². The molecule has 4 N–H and O–H groups in total. The molecule has 0 aliphatic heterocycles. The van der Waals surface area contributed by atoms with E-state index >= 15 is 0 Å². The minimum absolute atomic E-state index is 0.136. The quantitative estimate of drug-likeness (QED) is 0.707. The molecule has 0 aromatic heterocycles. The Morgan fingerprint density at radius 3 is 2.75 bits per heavy atom. The lowest BCUT2D eigenvalue weighted by molar-refractivity contribution is 0.265. The minimum Gasteiger partial charge on any atom is -0.508 e. The summed E-state index contributed by atoms with van der Waals surface area (Å²) in [6, 6.07) is 4.62. The van der Waals surface area contributed by atoms with E-state index in [1.807, 2.05) is 0 Å². The predicted octanol–water partition coefficient (Wildman–Crippen LogP) is 0.989. The second kappa shape index (κ2) is 4.06. The summed E-state index contributed by atoms with van der Waals surface area (Å²) in [7, 11) is 0. The Hall–Kier alpha value is -0.330. The lowest BCUT2D eigenvalue weighted by Gasteiger charge is -2.10. The van der Waals surface area contributed by atoms with Gasteiger partial charge in [0.25, 0.3) is 0 Å². The normalized spacial score (nSPS) is 12.9. The van der Waals surface area contributed by atoms with Gasteiger partial charge in [0.2, 0.25) is 0 Å². The highest BCUT2D eigenvalue weighted by Crippen LogP contribution is 2.24. The van der Waals surface area contributed by atoms with E-state index in [2.05, 4.69) is 22.6 Å². The molecule has 0 aliphatic rings. The summed E-state index contributed by atoms with van der Waals surface area (Å²) in [5.41, 5.74) is 6.14. The maximum atomic E-state index is 9.34. The highest BCUT2D eigenvalue weighted by atomic mass is 127. The summed E-state index contributed by atoms with van der Waals surface area (Å²) >= 11 is 2.12. The molecule has 1 atom stereocenters. The molecule has 0 radical (unpaired) electrons. The van der Waals surface area contributed by atoms with Crippen molar-refractivity contribution in [3.8, 4) is 5.75 Å². The zero-order chi connectivity index (χ0) is 9.14. The number of rotatable bonds is 2. The van der Waals surface area contributed by atoms with Crippen molar-refractivity contribution in [2.24, 2.45) is 5.73 Å². The average molecular weight is 279 g/mol. The summed E-state index contributed by atoms with van der Waals surface area (Å²) < 4.78 is 0.990. The molecule has 66 valence electrons. The Bertz CT molecular complexity index is 278. The number of halogens is 1. The zero-order valence-corrected chi connectivity index (χ0v) is 8.52. The van der Waals surface area contributed by atoms with Crippen LogP contribution in [0.25, 0.3) is 0 Å². The van der Waals surface area contributed by atoms with Crippen LogP contribution in [0.2, 0.25) is 0 Å². The number of phenols is 1. The van der Waals surface area contributed by atoms with Gasteiger partial charge in [-0.25, -0.2) is 0 Å². The van der Waals surface area contributed by atoms with Crippen LogP contribution in [0.3, 0.4) is 0 Å². The first kappa shape index (κ1) is 9.76. The standard InChI is InChI=1S/C8H10INO2/c9-5-1-2-8(12)6(3-5)7(10)4-11/h1-3,7,11-12H,4,10H2/t7-/m0/s1. The topological polar surface area (TPSA) is 66.5 Å². The van der Waals surface area contributed by atoms with Gasteiger partial charge in [-0.05, 0) is 40.8 Å². The predicted molar refractivity (Wildman–Crippen MR) is 54.8 cm³/mol. The van der Waals surface area contributed by atoms with Crippen LogP contribution in [0, 0.1) is 3.57 Å². The summed E-state index contributed by atoms with van der Waals surface area (Å²) in [6.45, 7) is -0.159. The molecule has 1 aromatic rings. The minimum atomic E-state index is -0.500. The van der Waals surface area contributed by atoms with Crippen molar-refractivity contribution in [3.63, 3.8) is 0 Å². The Labute approximate surface area is 84.4 Å². The molecule has 0 aliphatic carbocycles. The van der Waals surface area contributed by atoms with Crippen LogP contribution in [0.1, 0.15) is 11.6 Å². The van der Waals surface area contributed by atoms with Gasteiger partial charge in [0.05, 0.1) is 12.6 Å². The van der Waals surface area contributed by atoms with Crippen molar-refractivity contribution in [1.29, 1.82) is 0 Å². The first-order valence-electron chi connectivity index (χ1n) is 3.50. The van der Waals surface area contributed by atoms with E-state index in [1.165, 1.54) is 0 Å². The molecule has 1 rings (SSSR count). The highest BCUT2D eigenvalue weighted by Gasteiger charge is 2.09. The number of phenolic OH excluding ortho intramolecular Hbond substituents is 1. The monoisotopic (exact) mass is 279 g/mol. The van der Waals surface area contributed by atoms with Crippen molar-refractivity contribution in [3.05, 3.63) is 27.3 Å². The second-order valence-corrected chi connectivity index (χ2v) is 3.74. The fourth-order valence-corrected chi connectivity index (χ4v) is 1.44. The summed E-state index contributed by atoms with van der Waals surface area (Å²) in [4.78, 5) is 0. The number of nitrogens with two attached hydrogens (primary N) is 1. The maximum absolute atomic E-state index is 9.34. The first-order chi connectivity index (χ1) is 5.65. The fourth-order valence-electron chi connectivity index (χ4n) is 0.921. The molecule has 0 saturated carbocycles. The third kappa shape index (κ3) is 2.09.